The van der Waals surface area contributed by atoms with E-state index in [2.05, 4.69) is 10.3 Å². The molecule has 0 aliphatic heterocycles. The predicted octanol–water partition coefficient (Wildman–Crippen LogP) is -0.0167. The Balaban J connectivity index is 2.64. The molecule has 1 aliphatic carbocycles. The summed E-state index contributed by atoms with van der Waals surface area (Å²) >= 11 is 0. The van der Waals surface area contributed by atoms with Gasteiger partial charge in [0.25, 0.3) is 0 Å². The fraction of sp³-hybridized carbons (Fsp3) is 1.00. The van der Waals surface area contributed by atoms with Crippen LogP contribution in [0, 0.1) is 5.92 Å². The highest BCUT2D eigenvalue weighted by atomic mass is 32.2. The number of rotatable bonds is 5. The van der Waals surface area contributed by atoms with Gasteiger partial charge in [-0.3, -0.25) is 11.3 Å². The molecule has 0 amide bonds. The fourth-order valence-electron chi connectivity index (χ4n) is 2.67. The topological polar surface area (TPSA) is 75.4 Å². The lowest BCUT2D eigenvalue weighted by Gasteiger charge is -2.34. The molecule has 0 heterocycles. The van der Waals surface area contributed by atoms with Crippen molar-refractivity contribution < 1.29 is 8.42 Å². The lowest BCUT2D eigenvalue weighted by Crippen LogP contribution is -2.49. The number of nitrogens with two attached hydrogens (primary N) is 1. The number of nitrogens with zero attached hydrogens (tertiary/aromatic N) is 1. The third kappa shape index (κ3) is 4.54. The Morgan fingerprint density at radius 2 is 2.06 bits per heavy atom. The molecule has 1 rings (SSSR count). The Morgan fingerprint density at radius 3 is 2.53 bits per heavy atom. The molecule has 0 spiro atoms. The van der Waals surface area contributed by atoms with E-state index in [1.54, 1.807) is 0 Å². The number of hydrogen-bond acceptors (Lipinski definition) is 5. The van der Waals surface area contributed by atoms with Gasteiger partial charge in [-0.2, -0.15) is 0 Å². The standard InChI is InChI=1S/C11H25N3O2S/c1-14(2)8-11(13-12)9-5-4-6-10(7-9)17(3,15)16/h9-11,13H,4-8,12H2,1-3H3. The maximum absolute atomic E-state index is 11.6. The van der Waals surface area contributed by atoms with Gasteiger partial charge in [0, 0.05) is 18.8 Å². The Kier molecular flexibility index (Phi) is 5.37. The number of hydrazine groups is 1. The second kappa shape index (κ2) is 6.13. The number of sulfone groups is 1. The molecule has 0 aromatic rings. The zero-order chi connectivity index (χ0) is 13.1. The zero-order valence-electron chi connectivity index (χ0n) is 11.0. The summed E-state index contributed by atoms with van der Waals surface area (Å²) in [7, 11) is 1.09. The second-order valence-electron chi connectivity index (χ2n) is 5.41. The highest BCUT2D eigenvalue weighted by molar-refractivity contribution is 7.91. The van der Waals surface area contributed by atoms with Crippen LogP contribution in [0.3, 0.4) is 0 Å². The van der Waals surface area contributed by atoms with Crippen LogP contribution in [0.25, 0.3) is 0 Å². The maximum atomic E-state index is 11.6. The molecule has 0 radical (unpaired) electrons. The van der Waals surface area contributed by atoms with Crippen molar-refractivity contribution in [2.24, 2.45) is 11.8 Å². The first-order chi connectivity index (χ1) is 7.84. The van der Waals surface area contributed by atoms with E-state index in [1.165, 1.54) is 6.26 Å². The van der Waals surface area contributed by atoms with Crippen LogP contribution < -0.4 is 11.3 Å². The molecule has 0 aromatic heterocycles. The summed E-state index contributed by atoms with van der Waals surface area (Å²) in [6.45, 7) is 0.845. The van der Waals surface area contributed by atoms with E-state index in [0.29, 0.717) is 5.92 Å². The number of nitrogens with one attached hydrogen (secondary N) is 1. The van der Waals surface area contributed by atoms with Crippen molar-refractivity contribution in [2.75, 3.05) is 26.9 Å². The quantitative estimate of drug-likeness (QED) is 0.539. The van der Waals surface area contributed by atoms with Gasteiger partial charge < -0.3 is 4.90 Å². The molecule has 1 aliphatic rings. The summed E-state index contributed by atoms with van der Waals surface area (Å²) in [5.41, 5.74) is 2.84. The van der Waals surface area contributed by atoms with Crippen molar-refractivity contribution in [1.29, 1.82) is 0 Å². The minimum Gasteiger partial charge on any atom is -0.308 e. The lowest BCUT2D eigenvalue weighted by molar-refractivity contribution is 0.224. The molecule has 6 heteroatoms. The second-order valence-corrected chi connectivity index (χ2v) is 7.74. The van der Waals surface area contributed by atoms with Gasteiger partial charge >= 0.3 is 0 Å². The molecular formula is C11H25N3O2S. The average molecular weight is 263 g/mol. The Labute approximate surface area is 105 Å². The highest BCUT2D eigenvalue weighted by Crippen LogP contribution is 2.30. The van der Waals surface area contributed by atoms with Gasteiger partial charge in [0.05, 0.1) is 5.25 Å². The SMILES string of the molecule is CN(C)CC(NN)C1CCCC(S(C)(=O)=O)C1. The van der Waals surface area contributed by atoms with Gasteiger partial charge in [-0.1, -0.05) is 6.42 Å². The Morgan fingerprint density at radius 1 is 1.41 bits per heavy atom. The third-order valence-corrected chi connectivity index (χ3v) is 5.26. The van der Waals surface area contributed by atoms with Crippen LogP contribution >= 0.6 is 0 Å². The van der Waals surface area contributed by atoms with Gasteiger partial charge in [-0.25, -0.2) is 8.42 Å². The summed E-state index contributed by atoms with van der Waals surface area (Å²) in [5.74, 6) is 5.94. The zero-order valence-corrected chi connectivity index (χ0v) is 11.8. The molecular weight excluding hydrogens is 238 g/mol. The van der Waals surface area contributed by atoms with Gasteiger partial charge in [-0.15, -0.1) is 0 Å². The molecule has 102 valence electrons. The van der Waals surface area contributed by atoms with E-state index >= 15 is 0 Å². The van der Waals surface area contributed by atoms with Gasteiger partial charge in [0.1, 0.15) is 9.84 Å². The van der Waals surface area contributed by atoms with Gasteiger partial charge in [-0.05, 0) is 39.3 Å². The van der Waals surface area contributed by atoms with Crippen LogP contribution in [0.5, 0.6) is 0 Å². The van der Waals surface area contributed by atoms with Crippen LogP contribution in [0.15, 0.2) is 0 Å². The van der Waals surface area contributed by atoms with Crippen LogP contribution in [0.4, 0.5) is 0 Å². The van der Waals surface area contributed by atoms with Crippen LogP contribution in [0.1, 0.15) is 25.7 Å². The summed E-state index contributed by atoms with van der Waals surface area (Å²) in [4.78, 5) is 2.08. The van der Waals surface area contributed by atoms with E-state index in [-0.39, 0.29) is 11.3 Å². The smallest absolute Gasteiger partial charge is 0.150 e. The van der Waals surface area contributed by atoms with Crippen molar-refractivity contribution >= 4 is 9.84 Å². The Hall–Kier alpha value is -0.170. The van der Waals surface area contributed by atoms with Crippen LogP contribution in [-0.2, 0) is 9.84 Å². The minimum atomic E-state index is -2.91. The lowest BCUT2D eigenvalue weighted by atomic mass is 9.83. The average Bonchev–Trinajstić information content (AvgIpc) is 2.24. The van der Waals surface area contributed by atoms with Crippen molar-refractivity contribution in [3.8, 4) is 0 Å². The first-order valence-corrected chi connectivity index (χ1v) is 8.09. The molecule has 3 N–H and O–H groups in total. The van der Waals surface area contributed by atoms with Crippen molar-refractivity contribution in [3.05, 3.63) is 0 Å². The Bertz CT molecular complexity index is 330. The fourth-order valence-corrected chi connectivity index (χ4v) is 3.86. The highest BCUT2D eigenvalue weighted by Gasteiger charge is 2.32. The van der Waals surface area contributed by atoms with Gasteiger partial charge in [0.15, 0.2) is 0 Å². The van der Waals surface area contributed by atoms with Crippen molar-refractivity contribution in [2.45, 2.75) is 37.0 Å². The van der Waals surface area contributed by atoms with E-state index in [0.717, 1.165) is 32.2 Å². The molecule has 0 aromatic carbocycles. The molecule has 1 saturated carbocycles. The summed E-state index contributed by atoms with van der Waals surface area (Å²) < 4.78 is 23.2. The molecule has 5 nitrogen and oxygen atoms in total. The van der Waals surface area contributed by atoms with E-state index < -0.39 is 9.84 Å². The summed E-state index contributed by atoms with van der Waals surface area (Å²) in [6.07, 6.45) is 4.93. The predicted molar refractivity (Wildman–Crippen MR) is 70.3 cm³/mol. The molecule has 17 heavy (non-hydrogen) atoms. The minimum absolute atomic E-state index is 0.176. The first-order valence-electron chi connectivity index (χ1n) is 6.14. The molecule has 0 bridgehead atoms. The van der Waals surface area contributed by atoms with E-state index in [4.69, 9.17) is 5.84 Å². The van der Waals surface area contributed by atoms with E-state index in [1.807, 2.05) is 14.1 Å². The van der Waals surface area contributed by atoms with Gasteiger partial charge in [0.2, 0.25) is 0 Å². The number of likely N-dealkylation sites (N-methyl/N-ethyl adjacent to an activating group) is 1. The largest absolute Gasteiger partial charge is 0.308 e. The monoisotopic (exact) mass is 263 g/mol. The number of hydrogen-bond donors (Lipinski definition) is 2. The molecule has 1 fully saturated rings. The van der Waals surface area contributed by atoms with E-state index in [9.17, 15) is 8.42 Å². The molecule has 3 unspecified atom stereocenters. The summed E-state index contributed by atoms with van der Waals surface area (Å²) in [5, 5.41) is -0.181. The van der Waals surface area contributed by atoms with Crippen LogP contribution in [-0.4, -0.2) is 51.5 Å². The van der Waals surface area contributed by atoms with Crippen molar-refractivity contribution in [3.63, 3.8) is 0 Å². The maximum Gasteiger partial charge on any atom is 0.150 e. The normalized spacial score (nSPS) is 28.3. The third-order valence-electron chi connectivity index (χ3n) is 3.62. The molecule has 3 atom stereocenters. The molecule has 0 saturated heterocycles. The summed E-state index contributed by atoms with van der Waals surface area (Å²) in [6, 6.07) is 0.176. The van der Waals surface area contributed by atoms with Crippen LogP contribution in [0.2, 0.25) is 0 Å². The first kappa shape index (κ1) is 14.9. The van der Waals surface area contributed by atoms with Crippen molar-refractivity contribution in [1.82, 2.24) is 10.3 Å².